The van der Waals surface area contributed by atoms with Gasteiger partial charge in [-0.25, -0.2) is 9.97 Å². The van der Waals surface area contributed by atoms with Gasteiger partial charge in [0.25, 0.3) is 0 Å². The maximum atomic E-state index is 5.47. The summed E-state index contributed by atoms with van der Waals surface area (Å²) in [4.78, 5) is 10.9. The van der Waals surface area contributed by atoms with Gasteiger partial charge in [-0.1, -0.05) is 200 Å². The third-order valence-corrected chi connectivity index (χ3v) is 9.88. The Morgan fingerprint density at radius 3 is 0.833 bits per heavy atom. The van der Waals surface area contributed by atoms with E-state index in [0.29, 0.717) is 0 Å². The van der Waals surface area contributed by atoms with Gasteiger partial charge in [-0.05, 0) is 51.6 Å². The molecule has 0 bridgehead atoms. The summed E-state index contributed by atoms with van der Waals surface area (Å²) in [6.07, 6.45) is 0. The van der Waals surface area contributed by atoms with Crippen molar-refractivity contribution in [2.45, 2.75) is 0 Å². The zero-order valence-electron chi connectivity index (χ0n) is 29.7. The normalized spacial score (nSPS) is 11.0. The molecule has 0 N–H and O–H groups in total. The summed E-state index contributed by atoms with van der Waals surface area (Å²) in [6, 6.07) is 76.7. The van der Waals surface area contributed by atoms with Crippen LogP contribution in [0.15, 0.2) is 218 Å². The molecular weight excluding hydrogens is 653 g/mol. The molecule has 2 heteroatoms. The first-order chi connectivity index (χ1) is 26.8. The van der Waals surface area contributed by atoms with Crippen molar-refractivity contribution in [3.8, 4) is 89.5 Å². The highest BCUT2D eigenvalue weighted by Gasteiger charge is 2.21. The van der Waals surface area contributed by atoms with Crippen LogP contribution in [0.3, 0.4) is 0 Å². The van der Waals surface area contributed by atoms with E-state index in [-0.39, 0.29) is 0 Å². The molecule has 0 fully saturated rings. The summed E-state index contributed by atoms with van der Waals surface area (Å²) in [7, 11) is 0. The van der Waals surface area contributed by atoms with Crippen molar-refractivity contribution < 1.29 is 0 Å². The average Bonchev–Trinajstić information content (AvgIpc) is 3.27. The molecule has 0 saturated carbocycles. The minimum Gasteiger partial charge on any atom is -0.247 e. The number of pyridine rings is 2. The van der Waals surface area contributed by atoms with Gasteiger partial charge in [0.05, 0.1) is 22.8 Å². The van der Waals surface area contributed by atoms with Crippen molar-refractivity contribution >= 4 is 0 Å². The number of hydrogen-bond donors (Lipinski definition) is 0. The summed E-state index contributed by atoms with van der Waals surface area (Å²) in [5, 5.41) is 0. The summed E-state index contributed by atoms with van der Waals surface area (Å²) < 4.78 is 0. The Bertz CT molecular complexity index is 2350. The van der Waals surface area contributed by atoms with Crippen LogP contribution in [0, 0.1) is 0 Å². The Labute approximate surface area is 316 Å². The Kier molecular flexibility index (Phi) is 8.99. The van der Waals surface area contributed by atoms with Crippen molar-refractivity contribution in [1.29, 1.82) is 0 Å². The standard InChI is InChI=1S/C52H36N2/c1-7-20-37(21-8-1)45-35-47(53-51(41-28-15-5-16-29-41)49(45)39-24-11-3-12-25-39)43-32-19-33-44(34-43)48-36-46(38-22-9-2-10-23-38)50(40-26-13-4-14-27-40)52(54-48)42-30-17-6-18-31-42/h1-36H. The molecule has 0 radical (unpaired) electrons. The topological polar surface area (TPSA) is 25.8 Å². The maximum Gasteiger partial charge on any atom is 0.0794 e. The maximum absolute atomic E-state index is 5.47. The summed E-state index contributed by atoms with van der Waals surface area (Å²) in [6.45, 7) is 0. The van der Waals surface area contributed by atoms with Crippen LogP contribution >= 0.6 is 0 Å². The Morgan fingerprint density at radius 2 is 0.500 bits per heavy atom. The molecule has 2 aromatic heterocycles. The average molecular weight is 689 g/mol. The van der Waals surface area contributed by atoms with Gasteiger partial charge in [0.15, 0.2) is 0 Å². The molecule has 7 aromatic carbocycles. The summed E-state index contributed by atoms with van der Waals surface area (Å²) in [5.41, 5.74) is 17.0. The Hall–Kier alpha value is -7.16. The minimum absolute atomic E-state index is 0.904. The van der Waals surface area contributed by atoms with E-state index in [4.69, 9.17) is 9.97 Å². The zero-order chi connectivity index (χ0) is 36.1. The molecule has 0 aliphatic heterocycles. The Morgan fingerprint density at radius 1 is 0.222 bits per heavy atom. The van der Waals surface area contributed by atoms with E-state index in [9.17, 15) is 0 Å². The van der Waals surface area contributed by atoms with Gasteiger partial charge in [0.2, 0.25) is 0 Å². The van der Waals surface area contributed by atoms with Crippen LogP contribution < -0.4 is 0 Å². The zero-order valence-corrected chi connectivity index (χ0v) is 29.7. The van der Waals surface area contributed by atoms with Crippen LogP contribution in [-0.2, 0) is 0 Å². The second kappa shape index (κ2) is 14.8. The van der Waals surface area contributed by atoms with Crippen LogP contribution in [-0.4, -0.2) is 9.97 Å². The molecule has 0 unspecified atom stereocenters. The van der Waals surface area contributed by atoms with Crippen LogP contribution in [0.5, 0.6) is 0 Å². The lowest BCUT2D eigenvalue weighted by Crippen LogP contribution is -1.98. The van der Waals surface area contributed by atoms with Crippen molar-refractivity contribution in [2.24, 2.45) is 0 Å². The monoisotopic (exact) mass is 688 g/mol. The molecule has 0 saturated heterocycles. The fourth-order valence-electron chi connectivity index (χ4n) is 7.32. The molecule has 2 nitrogen and oxygen atoms in total. The number of hydrogen-bond acceptors (Lipinski definition) is 2. The predicted octanol–water partition coefficient (Wildman–Crippen LogP) is 13.8. The first-order valence-electron chi connectivity index (χ1n) is 18.3. The van der Waals surface area contributed by atoms with E-state index < -0.39 is 0 Å². The van der Waals surface area contributed by atoms with Crippen LogP contribution in [0.4, 0.5) is 0 Å². The largest absolute Gasteiger partial charge is 0.247 e. The molecule has 2 heterocycles. The number of aromatic nitrogens is 2. The van der Waals surface area contributed by atoms with E-state index in [1.165, 1.54) is 0 Å². The van der Waals surface area contributed by atoms with Gasteiger partial charge >= 0.3 is 0 Å². The SMILES string of the molecule is c1ccc(-c2cc(-c3cccc(-c4cc(-c5ccccc5)c(-c5ccccc5)c(-c5ccccc5)n4)c3)nc(-c3ccccc3)c2-c2ccccc2)cc1. The second-order valence-electron chi connectivity index (χ2n) is 13.3. The Balaban J connectivity index is 1.28. The molecule has 254 valence electrons. The van der Waals surface area contributed by atoms with Crippen LogP contribution in [0.25, 0.3) is 89.5 Å². The van der Waals surface area contributed by atoms with Gasteiger partial charge in [-0.2, -0.15) is 0 Å². The lowest BCUT2D eigenvalue weighted by Gasteiger charge is -2.19. The third-order valence-electron chi connectivity index (χ3n) is 9.88. The summed E-state index contributed by atoms with van der Waals surface area (Å²) >= 11 is 0. The minimum atomic E-state index is 0.904. The highest BCUT2D eigenvalue weighted by molar-refractivity contribution is 5.97. The van der Waals surface area contributed by atoms with Gasteiger partial charge in [0.1, 0.15) is 0 Å². The number of nitrogens with zero attached hydrogens (tertiary/aromatic N) is 2. The van der Waals surface area contributed by atoms with Crippen LogP contribution in [0.1, 0.15) is 0 Å². The van der Waals surface area contributed by atoms with E-state index in [1.54, 1.807) is 0 Å². The van der Waals surface area contributed by atoms with Gasteiger partial charge in [-0.15, -0.1) is 0 Å². The van der Waals surface area contributed by atoms with E-state index in [2.05, 4.69) is 218 Å². The van der Waals surface area contributed by atoms with Crippen LogP contribution in [0.2, 0.25) is 0 Å². The number of rotatable bonds is 8. The van der Waals surface area contributed by atoms with E-state index in [0.717, 1.165) is 89.5 Å². The van der Waals surface area contributed by atoms with Crippen molar-refractivity contribution in [1.82, 2.24) is 9.97 Å². The van der Waals surface area contributed by atoms with E-state index >= 15 is 0 Å². The van der Waals surface area contributed by atoms with Crippen molar-refractivity contribution in [2.75, 3.05) is 0 Å². The van der Waals surface area contributed by atoms with E-state index in [1.807, 2.05) is 0 Å². The van der Waals surface area contributed by atoms with Crippen molar-refractivity contribution in [3.05, 3.63) is 218 Å². The molecule has 0 amide bonds. The third kappa shape index (κ3) is 6.53. The second-order valence-corrected chi connectivity index (χ2v) is 13.3. The molecule has 0 aliphatic carbocycles. The molecule has 0 atom stereocenters. The molecule has 9 rings (SSSR count). The van der Waals surface area contributed by atoms with Gasteiger partial charge in [0, 0.05) is 33.4 Å². The fourth-order valence-corrected chi connectivity index (χ4v) is 7.32. The molecule has 9 aromatic rings. The first kappa shape index (κ1) is 32.7. The smallest absolute Gasteiger partial charge is 0.0794 e. The first-order valence-corrected chi connectivity index (χ1v) is 18.3. The molecule has 0 aliphatic rings. The predicted molar refractivity (Wildman–Crippen MR) is 226 cm³/mol. The molecule has 54 heavy (non-hydrogen) atoms. The molecule has 0 spiro atoms. The number of benzene rings is 7. The highest BCUT2D eigenvalue weighted by Crippen LogP contribution is 2.44. The highest BCUT2D eigenvalue weighted by atomic mass is 14.7. The van der Waals surface area contributed by atoms with Crippen molar-refractivity contribution in [3.63, 3.8) is 0 Å². The lowest BCUT2D eigenvalue weighted by atomic mass is 9.88. The van der Waals surface area contributed by atoms with Gasteiger partial charge < -0.3 is 0 Å². The quantitative estimate of drug-likeness (QED) is 0.159. The summed E-state index contributed by atoms with van der Waals surface area (Å²) in [5.74, 6) is 0. The fraction of sp³-hybridized carbons (Fsp3) is 0. The van der Waals surface area contributed by atoms with Gasteiger partial charge in [-0.3, -0.25) is 0 Å². The lowest BCUT2D eigenvalue weighted by molar-refractivity contribution is 1.31. The molecular formula is C52H36N2.